The Labute approximate surface area is 57.2 Å². The van der Waals surface area contributed by atoms with Crippen molar-refractivity contribution in [1.82, 2.24) is 10.4 Å². The third-order valence-electron chi connectivity index (χ3n) is 1.61. The van der Waals surface area contributed by atoms with E-state index < -0.39 is 0 Å². The number of hydrogen-bond donors (Lipinski definition) is 0. The lowest BCUT2D eigenvalue weighted by atomic mass is 10.4. The Bertz CT molecular complexity index is 67.3. The molecule has 1 saturated heterocycles. The van der Waals surface area contributed by atoms with Crippen molar-refractivity contribution in [3.63, 3.8) is 0 Å². The van der Waals surface area contributed by atoms with Gasteiger partial charge in [0.1, 0.15) is 0 Å². The van der Waals surface area contributed by atoms with Gasteiger partial charge >= 0.3 is 0 Å². The minimum atomic E-state index is 1.01. The molecule has 1 aliphatic rings. The van der Waals surface area contributed by atoms with Crippen LogP contribution in [0.3, 0.4) is 0 Å². The maximum Gasteiger partial charge on any atom is 0.0304 e. The quantitative estimate of drug-likeness (QED) is 0.553. The van der Waals surface area contributed by atoms with E-state index in [9.17, 15) is 0 Å². The molecule has 1 rings (SSSR count). The van der Waals surface area contributed by atoms with Crippen molar-refractivity contribution in [2.45, 2.75) is 26.2 Å². The third kappa shape index (κ3) is 2.33. The van der Waals surface area contributed by atoms with E-state index in [0.29, 0.717) is 0 Å². The molecule has 1 aliphatic heterocycles. The summed E-state index contributed by atoms with van der Waals surface area (Å²) in [6.07, 6.45) is 3.86. The van der Waals surface area contributed by atoms with Crippen molar-refractivity contribution in [2.75, 3.05) is 19.6 Å². The van der Waals surface area contributed by atoms with Gasteiger partial charge < -0.3 is 0 Å². The first-order valence-electron chi connectivity index (χ1n) is 3.86. The normalized spacial score (nSPS) is 21.0. The molecule has 0 spiro atoms. The van der Waals surface area contributed by atoms with Crippen LogP contribution in [-0.2, 0) is 0 Å². The molecule has 2 nitrogen and oxygen atoms in total. The van der Waals surface area contributed by atoms with Crippen molar-refractivity contribution in [3.05, 3.63) is 0 Å². The van der Waals surface area contributed by atoms with E-state index in [0.717, 1.165) is 6.54 Å². The Balaban J connectivity index is 1.98. The van der Waals surface area contributed by atoms with Crippen LogP contribution in [0.1, 0.15) is 26.2 Å². The standard InChI is InChI=1S/C7H15N2/c1-2-5-8-9-6-3-4-7-9/h2-7H2,1H3. The summed E-state index contributed by atoms with van der Waals surface area (Å²) in [4.78, 5) is 0. The SMILES string of the molecule is CCC[N]N1CCCC1. The van der Waals surface area contributed by atoms with E-state index in [4.69, 9.17) is 0 Å². The van der Waals surface area contributed by atoms with Crippen LogP contribution >= 0.6 is 0 Å². The monoisotopic (exact) mass is 127 g/mol. The largest absolute Gasteiger partial charge is 0.227 e. The van der Waals surface area contributed by atoms with Gasteiger partial charge in [0.2, 0.25) is 0 Å². The molecule has 1 fully saturated rings. The second-order valence-corrected chi connectivity index (χ2v) is 2.53. The van der Waals surface area contributed by atoms with Crippen molar-refractivity contribution in [3.8, 4) is 0 Å². The maximum atomic E-state index is 4.38. The summed E-state index contributed by atoms with van der Waals surface area (Å²) in [5.74, 6) is 0. The minimum Gasteiger partial charge on any atom is -0.227 e. The van der Waals surface area contributed by atoms with E-state index in [-0.39, 0.29) is 0 Å². The van der Waals surface area contributed by atoms with Crippen LogP contribution in [0, 0.1) is 0 Å². The van der Waals surface area contributed by atoms with Crippen LogP contribution in [0.4, 0.5) is 0 Å². The van der Waals surface area contributed by atoms with Gasteiger partial charge in [-0.25, -0.2) is 5.01 Å². The number of nitrogens with zero attached hydrogens (tertiary/aromatic N) is 2. The van der Waals surface area contributed by atoms with Gasteiger partial charge in [0, 0.05) is 19.6 Å². The van der Waals surface area contributed by atoms with Crippen molar-refractivity contribution in [2.24, 2.45) is 0 Å². The molecule has 0 N–H and O–H groups in total. The van der Waals surface area contributed by atoms with E-state index in [1.165, 1.54) is 32.4 Å². The molecule has 0 atom stereocenters. The average Bonchev–Trinajstić information content (AvgIpc) is 2.34. The second kappa shape index (κ2) is 3.85. The fraction of sp³-hybridized carbons (Fsp3) is 1.00. The van der Waals surface area contributed by atoms with E-state index >= 15 is 0 Å². The maximum absolute atomic E-state index is 4.38. The topological polar surface area (TPSA) is 17.3 Å². The van der Waals surface area contributed by atoms with Crippen molar-refractivity contribution < 1.29 is 0 Å². The van der Waals surface area contributed by atoms with Gasteiger partial charge in [-0.05, 0) is 19.3 Å². The highest BCUT2D eigenvalue weighted by molar-refractivity contribution is 4.60. The Hall–Kier alpha value is -0.0800. The zero-order valence-corrected chi connectivity index (χ0v) is 6.14. The summed E-state index contributed by atoms with van der Waals surface area (Å²) in [6.45, 7) is 5.57. The highest BCUT2D eigenvalue weighted by Crippen LogP contribution is 2.04. The van der Waals surface area contributed by atoms with E-state index in [1.807, 2.05) is 0 Å². The van der Waals surface area contributed by atoms with Gasteiger partial charge in [0.05, 0.1) is 0 Å². The summed E-state index contributed by atoms with van der Waals surface area (Å²) in [7, 11) is 0. The fourth-order valence-corrected chi connectivity index (χ4v) is 1.08. The lowest BCUT2D eigenvalue weighted by Crippen LogP contribution is -2.29. The Morgan fingerprint density at radius 3 is 2.56 bits per heavy atom. The van der Waals surface area contributed by atoms with Gasteiger partial charge in [-0.3, -0.25) is 0 Å². The molecule has 0 aromatic carbocycles. The average molecular weight is 127 g/mol. The molecule has 0 aliphatic carbocycles. The lowest BCUT2D eigenvalue weighted by molar-refractivity contribution is 0.227. The Morgan fingerprint density at radius 2 is 2.00 bits per heavy atom. The summed E-state index contributed by atoms with van der Waals surface area (Å²) >= 11 is 0. The molecule has 9 heavy (non-hydrogen) atoms. The van der Waals surface area contributed by atoms with E-state index in [2.05, 4.69) is 17.4 Å². The van der Waals surface area contributed by atoms with Crippen LogP contribution in [-0.4, -0.2) is 24.6 Å². The molecular formula is C7H15N2. The molecule has 0 amide bonds. The lowest BCUT2D eigenvalue weighted by Gasteiger charge is -2.11. The smallest absolute Gasteiger partial charge is 0.0304 e. The Kier molecular flexibility index (Phi) is 3.01. The van der Waals surface area contributed by atoms with E-state index in [1.54, 1.807) is 0 Å². The Morgan fingerprint density at radius 1 is 1.33 bits per heavy atom. The molecule has 0 saturated carbocycles. The highest BCUT2D eigenvalue weighted by atomic mass is 15.5. The number of rotatable bonds is 3. The second-order valence-electron chi connectivity index (χ2n) is 2.53. The van der Waals surface area contributed by atoms with Crippen LogP contribution in [0.5, 0.6) is 0 Å². The molecule has 0 unspecified atom stereocenters. The summed E-state index contributed by atoms with van der Waals surface area (Å²) < 4.78 is 0. The van der Waals surface area contributed by atoms with Gasteiger partial charge in [-0.15, -0.1) is 0 Å². The molecular weight excluding hydrogens is 112 g/mol. The highest BCUT2D eigenvalue weighted by Gasteiger charge is 2.10. The molecule has 1 heterocycles. The molecule has 53 valence electrons. The van der Waals surface area contributed by atoms with Crippen LogP contribution in [0.25, 0.3) is 0 Å². The van der Waals surface area contributed by atoms with Crippen molar-refractivity contribution in [1.29, 1.82) is 0 Å². The molecule has 0 bridgehead atoms. The first kappa shape index (κ1) is 7.03. The van der Waals surface area contributed by atoms with Crippen LogP contribution < -0.4 is 5.43 Å². The summed E-state index contributed by atoms with van der Waals surface area (Å²) in [5, 5.41) is 2.20. The first-order valence-corrected chi connectivity index (χ1v) is 3.86. The summed E-state index contributed by atoms with van der Waals surface area (Å²) in [5.41, 5.74) is 4.38. The zero-order chi connectivity index (χ0) is 6.53. The fourth-order valence-electron chi connectivity index (χ4n) is 1.08. The van der Waals surface area contributed by atoms with Gasteiger partial charge in [0.25, 0.3) is 0 Å². The van der Waals surface area contributed by atoms with Crippen LogP contribution in [0.15, 0.2) is 0 Å². The van der Waals surface area contributed by atoms with Gasteiger partial charge in [-0.2, -0.15) is 5.43 Å². The first-order chi connectivity index (χ1) is 4.43. The summed E-state index contributed by atoms with van der Waals surface area (Å²) in [6, 6.07) is 0. The molecule has 1 radical (unpaired) electrons. The van der Waals surface area contributed by atoms with Crippen LogP contribution in [0.2, 0.25) is 0 Å². The molecule has 0 aromatic rings. The predicted molar refractivity (Wildman–Crippen MR) is 38.1 cm³/mol. The van der Waals surface area contributed by atoms with Gasteiger partial charge in [0.15, 0.2) is 0 Å². The number of hydrogen-bond acceptors (Lipinski definition) is 1. The predicted octanol–water partition coefficient (Wildman–Crippen LogP) is 1.01. The third-order valence-corrected chi connectivity index (χ3v) is 1.61. The van der Waals surface area contributed by atoms with Gasteiger partial charge in [-0.1, -0.05) is 6.92 Å². The molecule has 0 aromatic heterocycles. The zero-order valence-electron chi connectivity index (χ0n) is 6.14. The minimum absolute atomic E-state index is 1.01. The molecule has 2 heteroatoms. The van der Waals surface area contributed by atoms with Crippen molar-refractivity contribution >= 4 is 0 Å².